The molecular weight excluding hydrogens is 294 g/mol. The van der Waals surface area contributed by atoms with Crippen molar-refractivity contribution in [3.63, 3.8) is 0 Å². The molecular formula is C22H35NO. The van der Waals surface area contributed by atoms with E-state index in [-0.39, 0.29) is 0 Å². The molecule has 0 atom stereocenters. The molecule has 1 rings (SSSR count). The summed E-state index contributed by atoms with van der Waals surface area (Å²) in [5, 5.41) is 0. The van der Waals surface area contributed by atoms with E-state index in [1.807, 2.05) is 12.1 Å². The Morgan fingerprint density at radius 1 is 1.04 bits per heavy atom. The number of anilines is 1. The highest BCUT2D eigenvalue weighted by molar-refractivity contribution is 5.49. The SMILES string of the molecule is CCCCCN(C/C=C(\C)CCC=C(C)C)c1ccc(OC)cc1. The van der Waals surface area contributed by atoms with Gasteiger partial charge in [-0.15, -0.1) is 0 Å². The highest BCUT2D eigenvalue weighted by Crippen LogP contribution is 2.20. The van der Waals surface area contributed by atoms with Crippen LogP contribution in [-0.4, -0.2) is 20.2 Å². The molecule has 2 nitrogen and oxygen atoms in total. The van der Waals surface area contributed by atoms with E-state index < -0.39 is 0 Å². The van der Waals surface area contributed by atoms with Crippen molar-refractivity contribution in [2.24, 2.45) is 0 Å². The second-order valence-corrected chi connectivity index (χ2v) is 6.72. The summed E-state index contributed by atoms with van der Waals surface area (Å²) in [4.78, 5) is 2.47. The van der Waals surface area contributed by atoms with E-state index in [9.17, 15) is 0 Å². The van der Waals surface area contributed by atoms with Gasteiger partial charge in [0.2, 0.25) is 0 Å². The van der Waals surface area contributed by atoms with Gasteiger partial charge in [0.25, 0.3) is 0 Å². The van der Waals surface area contributed by atoms with Crippen LogP contribution < -0.4 is 9.64 Å². The number of methoxy groups -OCH3 is 1. The monoisotopic (exact) mass is 329 g/mol. The highest BCUT2D eigenvalue weighted by Gasteiger charge is 2.05. The molecule has 0 unspecified atom stereocenters. The molecule has 2 heteroatoms. The lowest BCUT2D eigenvalue weighted by atomic mass is 10.1. The van der Waals surface area contributed by atoms with Crippen LogP contribution in [0.5, 0.6) is 5.75 Å². The molecule has 134 valence electrons. The van der Waals surface area contributed by atoms with Gasteiger partial charge in [0.1, 0.15) is 5.75 Å². The first-order valence-corrected chi connectivity index (χ1v) is 9.24. The molecule has 0 spiro atoms. The Morgan fingerprint density at radius 3 is 2.33 bits per heavy atom. The molecule has 0 saturated heterocycles. The molecule has 1 aromatic rings. The second-order valence-electron chi connectivity index (χ2n) is 6.72. The number of unbranched alkanes of at least 4 members (excludes halogenated alkanes) is 2. The maximum absolute atomic E-state index is 5.27. The molecule has 0 heterocycles. The summed E-state index contributed by atoms with van der Waals surface area (Å²) in [5.41, 5.74) is 4.16. The quantitative estimate of drug-likeness (QED) is 0.345. The van der Waals surface area contributed by atoms with Gasteiger partial charge in [-0.25, -0.2) is 0 Å². The summed E-state index contributed by atoms with van der Waals surface area (Å²) < 4.78 is 5.27. The smallest absolute Gasteiger partial charge is 0.119 e. The van der Waals surface area contributed by atoms with Crippen molar-refractivity contribution in [3.05, 3.63) is 47.6 Å². The van der Waals surface area contributed by atoms with E-state index in [0.717, 1.165) is 31.7 Å². The van der Waals surface area contributed by atoms with Crippen LogP contribution in [-0.2, 0) is 0 Å². The van der Waals surface area contributed by atoms with E-state index in [0.29, 0.717) is 0 Å². The first kappa shape index (κ1) is 20.3. The lowest BCUT2D eigenvalue weighted by molar-refractivity contribution is 0.415. The molecule has 1 aromatic carbocycles. The number of nitrogens with zero attached hydrogens (tertiary/aromatic N) is 1. The van der Waals surface area contributed by atoms with Gasteiger partial charge in [0.05, 0.1) is 7.11 Å². The molecule has 0 radical (unpaired) electrons. The normalized spacial score (nSPS) is 11.3. The van der Waals surface area contributed by atoms with Gasteiger partial charge in [-0.2, -0.15) is 0 Å². The number of hydrogen-bond donors (Lipinski definition) is 0. The summed E-state index contributed by atoms with van der Waals surface area (Å²) in [6, 6.07) is 8.43. The first-order valence-electron chi connectivity index (χ1n) is 9.24. The Bertz CT molecular complexity index is 509. The van der Waals surface area contributed by atoms with E-state index in [1.165, 1.54) is 36.1 Å². The van der Waals surface area contributed by atoms with Crippen LogP contribution in [0.2, 0.25) is 0 Å². The van der Waals surface area contributed by atoms with E-state index >= 15 is 0 Å². The molecule has 0 saturated carbocycles. The number of rotatable bonds is 11. The summed E-state index contributed by atoms with van der Waals surface area (Å²) in [6.07, 6.45) is 10.8. The van der Waals surface area contributed by atoms with Crippen molar-refractivity contribution in [2.45, 2.75) is 59.8 Å². The van der Waals surface area contributed by atoms with Gasteiger partial charge in [0, 0.05) is 18.8 Å². The summed E-state index contributed by atoms with van der Waals surface area (Å²) in [6.45, 7) is 10.9. The number of hydrogen-bond acceptors (Lipinski definition) is 2. The van der Waals surface area contributed by atoms with Crippen LogP contribution in [0.25, 0.3) is 0 Å². The second kappa shape index (κ2) is 11.8. The van der Waals surface area contributed by atoms with Crippen LogP contribution >= 0.6 is 0 Å². The minimum atomic E-state index is 0.917. The minimum Gasteiger partial charge on any atom is -0.497 e. The number of allylic oxidation sites excluding steroid dienone is 3. The Kier molecular flexibility index (Phi) is 9.98. The number of ether oxygens (including phenoxy) is 1. The van der Waals surface area contributed by atoms with Crippen molar-refractivity contribution in [1.82, 2.24) is 0 Å². The summed E-state index contributed by atoms with van der Waals surface area (Å²) in [5.74, 6) is 0.917. The van der Waals surface area contributed by atoms with Gasteiger partial charge in [-0.3, -0.25) is 0 Å². The van der Waals surface area contributed by atoms with Crippen molar-refractivity contribution in [3.8, 4) is 5.75 Å². The van der Waals surface area contributed by atoms with Crippen LogP contribution in [0, 0.1) is 0 Å². The van der Waals surface area contributed by atoms with Crippen molar-refractivity contribution in [1.29, 1.82) is 0 Å². The van der Waals surface area contributed by atoms with Gasteiger partial charge < -0.3 is 9.64 Å². The molecule has 0 bridgehead atoms. The van der Waals surface area contributed by atoms with Crippen LogP contribution in [0.15, 0.2) is 47.6 Å². The average Bonchev–Trinajstić information content (AvgIpc) is 2.58. The third-order valence-electron chi connectivity index (χ3n) is 4.22. The zero-order valence-corrected chi connectivity index (χ0v) is 16.3. The molecule has 0 aromatic heterocycles. The predicted molar refractivity (Wildman–Crippen MR) is 107 cm³/mol. The predicted octanol–water partition coefficient (Wildman–Crippen LogP) is 6.38. The van der Waals surface area contributed by atoms with Crippen LogP contribution in [0.4, 0.5) is 5.69 Å². The van der Waals surface area contributed by atoms with Crippen molar-refractivity contribution in [2.75, 3.05) is 25.1 Å². The zero-order valence-electron chi connectivity index (χ0n) is 16.3. The lowest BCUT2D eigenvalue weighted by Crippen LogP contribution is -2.24. The molecule has 24 heavy (non-hydrogen) atoms. The largest absolute Gasteiger partial charge is 0.497 e. The van der Waals surface area contributed by atoms with Crippen molar-refractivity contribution < 1.29 is 4.74 Å². The average molecular weight is 330 g/mol. The lowest BCUT2D eigenvalue weighted by Gasteiger charge is -2.24. The van der Waals surface area contributed by atoms with E-state index in [4.69, 9.17) is 4.74 Å². The highest BCUT2D eigenvalue weighted by atomic mass is 16.5. The van der Waals surface area contributed by atoms with E-state index in [1.54, 1.807) is 7.11 Å². The molecule has 0 aliphatic heterocycles. The Hall–Kier alpha value is -1.70. The van der Waals surface area contributed by atoms with Gasteiger partial charge >= 0.3 is 0 Å². The maximum Gasteiger partial charge on any atom is 0.119 e. The minimum absolute atomic E-state index is 0.917. The molecule has 0 aliphatic rings. The Balaban J connectivity index is 2.68. The van der Waals surface area contributed by atoms with Gasteiger partial charge in [-0.1, -0.05) is 43.1 Å². The summed E-state index contributed by atoms with van der Waals surface area (Å²) >= 11 is 0. The fourth-order valence-corrected chi connectivity index (χ4v) is 2.63. The topological polar surface area (TPSA) is 12.5 Å². The number of benzene rings is 1. The maximum atomic E-state index is 5.27. The molecule has 0 amide bonds. The van der Waals surface area contributed by atoms with Crippen LogP contribution in [0.3, 0.4) is 0 Å². The molecule has 0 aliphatic carbocycles. The van der Waals surface area contributed by atoms with Crippen molar-refractivity contribution >= 4 is 5.69 Å². The molecule has 0 fully saturated rings. The van der Waals surface area contributed by atoms with Gasteiger partial charge in [0.15, 0.2) is 0 Å². The fraction of sp³-hybridized carbons (Fsp3) is 0.545. The Labute approximate surface area is 149 Å². The first-order chi connectivity index (χ1) is 11.6. The zero-order chi connectivity index (χ0) is 17.8. The van der Waals surface area contributed by atoms with Crippen LogP contribution in [0.1, 0.15) is 59.8 Å². The summed E-state index contributed by atoms with van der Waals surface area (Å²) in [7, 11) is 1.71. The fourth-order valence-electron chi connectivity index (χ4n) is 2.63. The third-order valence-corrected chi connectivity index (χ3v) is 4.22. The van der Waals surface area contributed by atoms with Gasteiger partial charge in [-0.05, 0) is 64.3 Å². The standard InChI is InChI=1S/C22H35NO/c1-6-7-8-17-23(21-12-14-22(24-5)15-13-21)18-16-20(4)11-9-10-19(2)3/h10,12-16H,6-9,11,17-18H2,1-5H3/b20-16+. The third kappa shape index (κ3) is 8.24. The van der Waals surface area contributed by atoms with E-state index in [2.05, 4.69) is 56.9 Å². The Morgan fingerprint density at radius 2 is 1.75 bits per heavy atom. The molecule has 0 N–H and O–H groups in total.